The van der Waals surface area contributed by atoms with E-state index in [2.05, 4.69) is 10.3 Å². The number of nitrogens with one attached hydrogen (secondary N) is 1. The highest BCUT2D eigenvalue weighted by Gasteiger charge is 2.33. The van der Waals surface area contributed by atoms with Crippen LogP contribution >= 0.6 is 0 Å². The molecule has 1 aliphatic rings. The van der Waals surface area contributed by atoms with Crippen LogP contribution in [-0.2, 0) is 5.41 Å². The Labute approximate surface area is 114 Å². The van der Waals surface area contributed by atoms with Gasteiger partial charge in [-0.3, -0.25) is 4.99 Å². The molecule has 3 nitrogen and oxygen atoms in total. The number of benzene rings is 1. The summed E-state index contributed by atoms with van der Waals surface area (Å²) < 4.78 is 13.1. The molecule has 3 N–H and O–H groups in total. The van der Waals surface area contributed by atoms with Gasteiger partial charge in [-0.2, -0.15) is 0 Å². The predicted molar refractivity (Wildman–Crippen MR) is 76.7 cm³/mol. The van der Waals surface area contributed by atoms with E-state index < -0.39 is 0 Å². The smallest absolute Gasteiger partial charge is 0.188 e. The van der Waals surface area contributed by atoms with Gasteiger partial charge in [-0.15, -0.1) is 0 Å². The van der Waals surface area contributed by atoms with Gasteiger partial charge in [0.2, 0.25) is 0 Å². The number of halogens is 1. The van der Waals surface area contributed by atoms with Gasteiger partial charge in [0.05, 0.1) is 0 Å². The lowest BCUT2D eigenvalue weighted by Gasteiger charge is -2.38. The molecule has 0 aliphatic heterocycles. The van der Waals surface area contributed by atoms with E-state index in [9.17, 15) is 4.39 Å². The third kappa shape index (κ3) is 3.25. The Kier molecular flexibility index (Phi) is 4.40. The number of rotatable bonds is 3. The zero-order valence-corrected chi connectivity index (χ0v) is 11.5. The molecule has 1 saturated carbocycles. The number of hydrogen-bond acceptors (Lipinski definition) is 1. The first kappa shape index (κ1) is 13.8. The standard InChI is InChI=1S/C15H22FN3/c1-18-14(17)19-11-15(9-3-2-4-10-15)12-5-7-13(16)8-6-12/h5-8H,2-4,9-11H2,1H3,(H3,17,18,19). The van der Waals surface area contributed by atoms with Crippen LogP contribution in [0.4, 0.5) is 4.39 Å². The van der Waals surface area contributed by atoms with Crippen molar-refractivity contribution in [3.05, 3.63) is 35.6 Å². The van der Waals surface area contributed by atoms with Crippen LogP contribution in [0.1, 0.15) is 37.7 Å². The van der Waals surface area contributed by atoms with E-state index in [0.717, 1.165) is 19.4 Å². The monoisotopic (exact) mass is 263 g/mol. The molecule has 104 valence electrons. The molecule has 1 aromatic carbocycles. The molecule has 1 fully saturated rings. The molecular formula is C15H22FN3. The summed E-state index contributed by atoms with van der Waals surface area (Å²) in [6.45, 7) is 0.766. The van der Waals surface area contributed by atoms with Gasteiger partial charge >= 0.3 is 0 Å². The van der Waals surface area contributed by atoms with Crippen molar-refractivity contribution in [3.8, 4) is 0 Å². The molecule has 0 aromatic heterocycles. The van der Waals surface area contributed by atoms with Gasteiger partial charge in [0.15, 0.2) is 5.96 Å². The Morgan fingerprint density at radius 1 is 1.26 bits per heavy atom. The topological polar surface area (TPSA) is 50.4 Å². The molecule has 0 heterocycles. The molecule has 4 heteroatoms. The highest BCUT2D eigenvalue weighted by molar-refractivity contribution is 5.77. The van der Waals surface area contributed by atoms with Crippen LogP contribution in [0.5, 0.6) is 0 Å². The van der Waals surface area contributed by atoms with Gasteiger partial charge < -0.3 is 11.1 Å². The van der Waals surface area contributed by atoms with Gasteiger partial charge in [-0.1, -0.05) is 31.4 Å². The van der Waals surface area contributed by atoms with E-state index in [1.807, 2.05) is 12.1 Å². The number of nitrogens with two attached hydrogens (primary N) is 1. The highest BCUT2D eigenvalue weighted by atomic mass is 19.1. The third-order valence-electron chi connectivity index (χ3n) is 4.12. The fourth-order valence-corrected chi connectivity index (χ4v) is 2.94. The second-order valence-electron chi connectivity index (χ2n) is 5.31. The minimum atomic E-state index is -0.183. The summed E-state index contributed by atoms with van der Waals surface area (Å²) in [5.41, 5.74) is 6.99. The lowest BCUT2D eigenvalue weighted by molar-refractivity contribution is 0.291. The third-order valence-corrected chi connectivity index (χ3v) is 4.12. The van der Waals surface area contributed by atoms with Gasteiger partial charge in [0.1, 0.15) is 5.82 Å². The van der Waals surface area contributed by atoms with Gasteiger partial charge in [-0.25, -0.2) is 4.39 Å². The lowest BCUT2D eigenvalue weighted by Crippen LogP contribution is -2.44. The normalized spacial score (nSPS) is 19.2. The maximum Gasteiger partial charge on any atom is 0.188 e. The molecular weight excluding hydrogens is 241 g/mol. The van der Waals surface area contributed by atoms with Gasteiger partial charge in [0, 0.05) is 19.0 Å². The van der Waals surface area contributed by atoms with Crippen LogP contribution < -0.4 is 11.1 Å². The molecule has 0 saturated heterocycles. The molecule has 19 heavy (non-hydrogen) atoms. The van der Waals surface area contributed by atoms with Crippen LogP contribution in [-0.4, -0.2) is 19.6 Å². The van der Waals surface area contributed by atoms with Gasteiger partial charge in [0.25, 0.3) is 0 Å². The first-order valence-corrected chi connectivity index (χ1v) is 6.88. The maximum absolute atomic E-state index is 13.1. The average molecular weight is 263 g/mol. The van der Waals surface area contributed by atoms with E-state index in [1.165, 1.54) is 24.8 Å². The second kappa shape index (κ2) is 6.04. The quantitative estimate of drug-likeness (QED) is 0.650. The highest BCUT2D eigenvalue weighted by Crippen LogP contribution is 2.39. The molecule has 0 amide bonds. The largest absolute Gasteiger partial charge is 0.370 e. The van der Waals surface area contributed by atoms with Crippen LogP contribution in [0.2, 0.25) is 0 Å². The summed E-state index contributed by atoms with van der Waals surface area (Å²) in [5.74, 6) is 0.282. The Morgan fingerprint density at radius 2 is 1.89 bits per heavy atom. The van der Waals surface area contributed by atoms with Crippen LogP contribution in [0, 0.1) is 5.82 Å². The summed E-state index contributed by atoms with van der Waals surface area (Å²) in [5, 5.41) is 3.19. The number of hydrogen-bond donors (Lipinski definition) is 2. The summed E-state index contributed by atoms with van der Waals surface area (Å²) in [6.07, 6.45) is 5.93. The summed E-state index contributed by atoms with van der Waals surface area (Å²) in [7, 11) is 1.67. The number of nitrogens with zero attached hydrogens (tertiary/aromatic N) is 1. The Morgan fingerprint density at radius 3 is 2.47 bits per heavy atom. The van der Waals surface area contributed by atoms with Crippen molar-refractivity contribution >= 4 is 5.96 Å². The van der Waals surface area contributed by atoms with E-state index in [4.69, 9.17) is 5.73 Å². The summed E-state index contributed by atoms with van der Waals surface area (Å²) >= 11 is 0. The van der Waals surface area contributed by atoms with E-state index in [1.54, 1.807) is 19.2 Å². The Bertz CT molecular complexity index is 433. The van der Waals surface area contributed by atoms with E-state index >= 15 is 0 Å². The van der Waals surface area contributed by atoms with E-state index in [-0.39, 0.29) is 11.2 Å². The van der Waals surface area contributed by atoms with Crippen molar-refractivity contribution in [1.29, 1.82) is 0 Å². The first-order valence-electron chi connectivity index (χ1n) is 6.88. The van der Waals surface area contributed by atoms with Crippen molar-refractivity contribution in [2.45, 2.75) is 37.5 Å². The SMILES string of the molecule is CN=C(N)NCC1(c2ccc(F)cc2)CCCCC1. The first-order chi connectivity index (χ1) is 9.16. The summed E-state index contributed by atoms with van der Waals surface area (Å²) in [6, 6.07) is 6.90. The second-order valence-corrected chi connectivity index (χ2v) is 5.31. The zero-order valence-electron chi connectivity index (χ0n) is 11.5. The molecule has 0 atom stereocenters. The molecule has 1 aliphatic carbocycles. The fourth-order valence-electron chi connectivity index (χ4n) is 2.94. The predicted octanol–water partition coefficient (Wildman–Crippen LogP) is 2.56. The van der Waals surface area contributed by atoms with Crippen molar-refractivity contribution in [2.24, 2.45) is 10.7 Å². The molecule has 1 aromatic rings. The summed E-state index contributed by atoms with van der Waals surface area (Å²) in [4.78, 5) is 3.94. The van der Waals surface area contributed by atoms with Crippen LogP contribution in [0.15, 0.2) is 29.3 Å². The number of aliphatic imine (C=N–C) groups is 1. The molecule has 0 spiro atoms. The maximum atomic E-state index is 13.1. The van der Waals surface area contributed by atoms with E-state index in [0.29, 0.717) is 5.96 Å². The molecule has 0 radical (unpaired) electrons. The van der Waals surface area contributed by atoms with Crippen molar-refractivity contribution in [1.82, 2.24) is 5.32 Å². The van der Waals surface area contributed by atoms with Crippen LogP contribution in [0.25, 0.3) is 0 Å². The molecule has 0 bridgehead atoms. The lowest BCUT2D eigenvalue weighted by atomic mass is 9.69. The minimum absolute atomic E-state index is 0.0568. The average Bonchev–Trinajstić information content (AvgIpc) is 2.46. The Hall–Kier alpha value is -1.58. The zero-order chi connectivity index (χ0) is 13.7. The molecule has 2 rings (SSSR count). The molecule has 0 unspecified atom stereocenters. The minimum Gasteiger partial charge on any atom is -0.370 e. The van der Waals surface area contributed by atoms with Gasteiger partial charge in [-0.05, 0) is 30.5 Å². The van der Waals surface area contributed by atoms with Crippen molar-refractivity contribution in [3.63, 3.8) is 0 Å². The van der Waals surface area contributed by atoms with Crippen molar-refractivity contribution < 1.29 is 4.39 Å². The number of guanidine groups is 1. The van der Waals surface area contributed by atoms with Crippen molar-refractivity contribution in [2.75, 3.05) is 13.6 Å². The fraction of sp³-hybridized carbons (Fsp3) is 0.533. The van der Waals surface area contributed by atoms with Crippen LogP contribution in [0.3, 0.4) is 0 Å². The Balaban J connectivity index is 2.21.